The molecule has 3 heteroatoms. The molecule has 102 valence electrons. The SMILES string of the molecule is CNC(CC(C)C(C)(C)C)c1cc(Cl)ccc1Cl. The zero-order valence-corrected chi connectivity index (χ0v) is 13.4. The van der Waals surface area contributed by atoms with Crippen molar-refractivity contribution >= 4 is 23.2 Å². The van der Waals surface area contributed by atoms with Crippen LogP contribution in [0.3, 0.4) is 0 Å². The van der Waals surface area contributed by atoms with E-state index in [9.17, 15) is 0 Å². The van der Waals surface area contributed by atoms with E-state index in [1.807, 2.05) is 25.2 Å². The van der Waals surface area contributed by atoms with Gasteiger partial charge in [0.1, 0.15) is 0 Å². The lowest BCUT2D eigenvalue weighted by molar-refractivity contribution is 0.226. The van der Waals surface area contributed by atoms with E-state index in [2.05, 4.69) is 33.0 Å². The van der Waals surface area contributed by atoms with E-state index in [0.29, 0.717) is 11.3 Å². The summed E-state index contributed by atoms with van der Waals surface area (Å²) in [6, 6.07) is 5.89. The molecule has 0 heterocycles. The van der Waals surface area contributed by atoms with Gasteiger partial charge in [-0.05, 0) is 48.6 Å². The van der Waals surface area contributed by atoms with Gasteiger partial charge in [0.15, 0.2) is 0 Å². The fourth-order valence-electron chi connectivity index (χ4n) is 1.89. The van der Waals surface area contributed by atoms with E-state index < -0.39 is 0 Å². The first kappa shape index (κ1) is 15.8. The molecule has 0 aliphatic carbocycles. The highest BCUT2D eigenvalue weighted by Gasteiger charge is 2.24. The van der Waals surface area contributed by atoms with Gasteiger partial charge in [-0.15, -0.1) is 0 Å². The van der Waals surface area contributed by atoms with Crippen LogP contribution in [0.25, 0.3) is 0 Å². The van der Waals surface area contributed by atoms with Crippen molar-refractivity contribution in [2.45, 2.75) is 40.2 Å². The molecule has 0 amide bonds. The summed E-state index contributed by atoms with van der Waals surface area (Å²) in [5.74, 6) is 0.588. The lowest BCUT2D eigenvalue weighted by Gasteiger charge is -2.31. The Bertz CT molecular complexity index is 396. The predicted molar refractivity (Wildman–Crippen MR) is 81.5 cm³/mol. The van der Waals surface area contributed by atoms with Crippen LogP contribution in [0.4, 0.5) is 0 Å². The maximum absolute atomic E-state index is 6.27. The largest absolute Gasteiger partial charge is 0.313 e. The van der Waals surface area contributed by atoms with Crippen LogP contribution in [0.5, 0.6) is 0 Å². The predicted octanol–water partition coefficient (Wildman–Crippen LogP) is 5.33. The Morgan fingerprint density at radius 3 is 2.33 bits per heavy atom. The molecule has 18 heavy (non-hydrogen) atoms. The minimum atomic E-state index is 0.241. The molecule has 1 aromatic rings. The number of nitrogens with one attached hydrogen (secondary N) is 1. The zero-order chi connectivity index (χ0) is 13.9. The van der Waals surface area contributed by atoms with Crippen LogP contribution in [0.2, 0.25) is 10.0 Å². The molecule has 0 aliphatic heterocycles. The summed E-state index contributed by atoms with van der Waals surface area (Å²) < 4.78 is 0. The van der Waals surface area contributed by atoms with Gasteiger partial charge < -0.3 is 5.32 Å². The van der Waals surface area contributed by atoms with Gasteiger partial charge in [-0.3, -0.25) is 0 Å². The molecule has 1 rings (SSSR count). The molecule has 0 spiro atoms. The van der Waals surface area contributed by atoms with Crippen LogP contribution in [-0.4, -0.2) is 7.05 Å². The van der Waals surface area contributed by atoms with Crippen LogP contribution < -0.4 is 5.32 Å². The van der Waals surface area contributed by atoms with Crippen molar-refractivity contribution in [3.63, 3.8) is 0 Å². The standard InChI is InChI=1S/C15H23Cl2N/c1-10(15(2,3)4)8-14(18-5)12-9-11(16)6-7-13(12)17/h6-7,9-10,14,18H,8H2,1-5H3. The van der Waals surface area contributed by atoms with Gasteiger partial charge in [-0.25, -0.2) is 0 Å². The third-order valence-electron chi connectivity index (χ3n) is 3.75. The molecular formula is C15H23Cl2N. The van der Waals surface area contributed by atoms with Gasteiger partial charge in [0.2, 0.25) is 0 Å². The Balaban J connectivity index is 2.93. The van der Waals surface area contributed by atoms with Crippen LogP contribution >= 0.6 is 23.2 Å². The fourth-order valence-corrected chi connectivity index (χ4v) is 2.32. The highest BCUT2D eigenvalue weighted by Crippen LogP contribution is 2.35. The van der Waals surface area contributed by atoms with Crippen molar-refractivity contribution in [3.05, 3.63) is 33.8 Å². The molecule has 0 saturated carbocycles. The minimum absolute atomic E-state index is 0.241. The Labute approximate surface area is 121 Å². The van der Waals surface area contributed by atoms with E-state index in [-0.39, 0.29) is 6.04 Å². The topological polar surface area (TPSA) is 12.0 Å². The minimum Gasteiger partial charge on any atom is -0.313 e. The Kier molecular flexibility index (Phi) is 5.51. The molecule has 0 aliphatic rings. The van der Waals surface area contributed by atoms with Crippen LogP contribution in [-0.2, 0) is 0 Å². The Hall–Kier alpha value is -0.240. The molecule has 2 unspecified atom stereocenters. The molecule has 0 radical (unpaired) electrons. The zero-order valence-electron chi connectivity index (χ0n) is 11.8. The monoisotopic (exact) mass is 287 g/mol. The summed E-state index contributed by atoms with van der Waals surface area (Å²) in [5, 5.41) is 4.86. The van der Waals surface area contributed by atoms with Gasteiger partial charge in [-0.2, -0.15) is 0 Å². The summed E-state index contributed by atoms with van der Waals surface area (Å²) in [7, 11) is 1.97. The van der Waals surface area contributed by atoms with Crippen molar-refractivity contribution in [1.29, 1.82) is 0 Å². The molecule has 1 nitrogen and oxygen atoms in total. The summed E-state index contributed by atoms with van der Waals surface area (Å²) in [4.78, 5) is 0. The Morgan fingerprint density at radius 2 is 1.83 bits per heavy atom. The fraction of sp³-hybridized carbons (Fsp3) is 0.600. The van der Waals surface area contributed by atoms with E-state index in [0.717, 1.165) is 22.0 Å². The number of halogens is 2. The van der Waals surface area contributed by atoms with Crippen molar-refractivity contribution in [2.75, 3.05) is 7.05 Å². The van der Waals surface area contributed by atoms with Crippen LogP contribution in [0.1, 0.15) is 45.7 Å². The molecule has 0 bridgehead atoms. The smallest absolute Gasteiger partial charge is 0.0454 e. The molecular weight excluding hydrogens is 265 g/mol. The molecule has 0 aromatic heterocycles. The maximum Gasteiger partial charge on any atom is 0.0454 e. The molecule has 1 N–H and O–H groups in total. The molecule has 2 atom stereocenters. The quantitative estimate of drug-likeness (QED) is 0.790. The molecule has 0 saturated heterocycles. The first-order valence-electron chi connectivity index (χ1n) is 6.38. The summed E-state index contributed by atoms with van der Waals surface area (Å²) in [5.41, 5.74) is 1.38. The van der Waals surface area contributed by atoms with Gasteiger partial charge in [0.25, 0.3) is 0 Å². The maximum atomic E-state index is 6.27. The number of hydrogen-bond acceptors (Lipinski definition) is 1. The second-order valence-corrected chi connectivity index (χ2v) is 6.85. The third-order valence-corrected chi connectivity index (χ3v) is 4.33. The number of hydrogen-bond donors (Lipinski definition) is 1. The van der Waals surface area contributed by atoms with Crippen molar-refractivity contribution < 1.29 is 0 Å². The highest BCUT2D eigenvalue weighted by molar-refractivity contribution is 6.33. The molecule has 1 aromatic carbocycles. The van der Waals surface area contributed by atoms with Crippen LogP contribution in [0.15, 0.2) is 18.2 Å². The van der Waals surface area contributed by atoms with Gasteiger partial charge in [0, 0.05) is 16.1 Å². The highest BCUT2D eigenvalue weighted by atomic mass is 35.5. The van der Waals surface area contributed by atoms with Crippen molar-refractivity contribution in [3.8, 4) is 0 Å². The summed E-state index contributed by atoms with van der Waals surface area (Å²) in [6.45, 7) is 9.08. The lowest BCUT2D eigenvalue weighted by atomic mass is 9.77. The van der Waals surface area contributed by atoms with E-state index in [1.165, 1.54) is 0 Å². The second kappa shape index (κ2) is 6.27. The Morgan fingerprint density at radius 1 is 1.22 bits per heavy atom. The normalized spacial score (nSPS) is 15.5. The van der Waals surface area contributed by atoms with Crippen molar-refractivity contribution in [2.24, 2.45) is 11.3 Å². The van der Waals surface area contributed by atoms with E-state index >= 15 is 0 Å². The average molecular weight is 288 g/mol. The molecule has 0 fully saturated rings. The van der Waals surface area contributed by atoms with Crippen LogP contribution in [0, 0.1) is 11.3 Å². The first-order valence-corrected chi connectivity index (χ1v) is 7.13. The van der Waals surface area contributed by atoms with Gasteiger partial charge in [0.05, 0.1) is 0 Å². The number of rotatable bonds is 4. The first-order chi connectivity index (χ1) is 8.25. The lowest BCUT2D eigenvalue weighted by Crippen LogP contribution is -2.25. The van der Waals surface area contributed by atoms with Crippen molar-refractivity contribution in [1.82, 2.24) is 5.32 Å². The average Bonchev–Trinajstić information content (AvgIpc) is 2.28. The van der Waals surface area contributed by atoms with E-state index in [4.69, 9.17) is 23.2 Å². The summed E-state index contributed by atoms with van der Waals surface area (Å²) in [6.07, 6.45) is 1.04. The van der Waals surface area contributed by atoms with Gasteiger partial charge in [-0.1, -0.05) is 50.9 Å². The summed E-state index contributed by atoms with van der Waals surface area (Å²) >= 11 is 12.3. The third kappa shape index (κ3) is 4.15. The second-order valence-electron chi connectivity index (χ2n) is 6.01. The van der Waals surface area contributed by atoms with Gasteiger partial charge >= 0.3 is 0 Å². The number of benzene rings is 1. The van der Waals surface area contributed by atoms with E-state index in [1.54, 1.807) is 0 Å².